The molecule has 2 aliphatic rings. The molecule has 1 aliphatic heterocycles. The van der Waals surface area contributed by atoms with E-state index in [4.69, 9.17) is 4.74 Å². The highest BCUT2D eigenvalue weighted by Gasteiger charge is 2.39. The Balaban J connectivity index is 1.50. The normalized spacial score (nSPS) is 18.9. The molecular weight excluding hydrogens is 457 g/mol. The molecule has 9 heteroatoms. The van der Waals surface area contributed by atoms with Crippen LogP contribution in [0.5, 0.6) is 0 Å². The molecular formula is C25H32FN3O4S. The van der Waals surface area contributed by atoms with E-state index in [2.05, 4.69) is 14.9 Å². The monoisotopic (exact) mass is 489 g/mol. The number of hydrogen-bond donors (Lipinski definition) is 2. The minimum absolute atomic E-state index is 0.0202. The summed E-state index contributed by atoms with van der Waals surface area (Å²) in [7, 11) is -3.94. The summed E-state index contributed by atoms with van der Waals surface area (Å²) < 4.78 is 46.9. The molecule has 0 bridgehead atoms. The van der Waals surface area contributed by atoms with Gasteiger partial charge in [0.15, 0.2) is 0 Å². The molecule has 2 aromatic carbocycles. The van der Waals surface area contributed by atoms with Crippen LogP contribution in [0.25, 0.3) is 0 Å². The van der Waals surface area contributed by atoms with Crippen molar-refractivity contribution < 1.29 is 22.3 Å². The zero-order valence-electron chi connectivity index (χ0n) is 19.5. The Bertz CT molecular complexity index is 1110. The minimum atomic E-state index is -3.94. The quantitative estimate of drug-likeness (QED) is 0.619. The van der Waals surface area contributed by atoms with Crippen LogP contribution in [0.4, 0.5) is 10.1 Å². The standard InChI is InChI=1S/C25H32FN3O4S/c1-19-5-10-22(34(31,32)28-21-8-6-20(26)7-9-21)17-23(19)24(30)27-18-25(11-3-2-4-12-25)29-13-15-33-16-14-29/h5-10,17,28H,2-4,11-16,18H2,1H3,(H,27,30). The number of benzene rings is 2. The van der Waals surface area contributed by atoms with E-state index in [9.17, 15) is 17.6 Å². The summed E-state index contributed by atoms with van der Waals surface area (Å²) in [6.45, 7) is 5.44. The summed E-state index contributed by atoms with van der Waals surface area (Å²) in [4.78, 5) is 15.6. The Morgan fingerprint density at radius 2 is 1.74 bits per heavy atom. The maximum atomic E-state index is 13.2. The Kier molecular flexibility index (Phi) is 7.54. The lowest BCUT2D eigenvalue weighted by atomic mass is 9.79. The first kappa shape index (κ1) is 24.6. The molecule has 1 saturated carbocycles. The van der Waals surface area contributed by atoms with Gasteiger partial charge >= 0.3 is 0 Å². The van der Waals surface area contributed by atoms with Crippen molar-refractivity contribution in [1.29, 1.82) is 0 Å². The zero-order valence-corrected chi connectivity index (χ0v) is 20.3. The van der Waals surface area contributed by atoms with E-state index in [0.29, 0.717) is 30.9 Å². The van der Waals surface area contributed by atoms with Crippen LogP contribution in [-0.4, -0.2) is 57.6 Å². The molecule has 0 unspecified atom stereocenters. The predicted molar refractivity (Wildman–Crippen MR) is 129 cm³/mol. The highest BCUT2D eigenvalue weighted by molar-refractivity contribution is 7.92. The third-order valence-corrected chi connectivity index (χ3v) is 8.28. The fourth-order valence-electron chi connectivity index (χ4n) is 4.94. The van der Waals surface area contributed by atoms with E-state index in [1.165, 1.54) is 42.8 Å². The lowest BCUT2D eigenvalue weighted by Crippen LogP contribution is -2.59. The van der Waals surface area contributed by atoms with Gasteiger partial charge < -0.3 is 10.1 Å². The van der Waals surface area contributed by atoms with Gasteiger partial charge in [0.1, 0.15) is 5.82 Å². The van der Waals surface area contributed by atoms with E-state index in [1.807, 2.05) is 0 Å². The third-order valence-electron chi connectivity index (χ3n) is 6.90. The van der Waals surface area contributed by atoms with Gasteiger partial charge in [-0.15, -0.1) is 0 Å². The number of morpholine rings is 1. The average molecular weight is 490 g/mol. The average Bonchev–Trinajstić information content (AvgIpc) is 2.85. The van der Waals surface area contributed by atoms with Crippen LogP contribution < -0.4 is 10.0 Å². The lowest BCUT2D eigenvalue weighted by molar-refractivity contribution is -0.0361. The Morgan fingerprint density at radius 1 is 1.06 bits per heavy atom. The van der Waals surface area contributed by atoms with Gasteiger partial charge in [-0.1, -0.05) is 25.3 Å². The van der Waals surface area contributed by atoms with Crippen molar-refractivity contribution in [2.24, 2.45) is 0 Å². The first-order chi connectivity index (χ1) is 16.3. The maximum absolute atomic E-state index is 13.2. The summed E-state index contributed by atoms with van der Waals surface area (Å²) in [5.74, 6) is -0.736. The van der Waals surface area contributed by atoms with Crippen molar-refractivity contribution in [1.82, 2.24) is 10.2 Å². The maximum Gasteiger partial charge on any atom is 0.261 e. The number of carbonyl (C=O) groups is 1. The second-order valence-electron chi connectivity index (χ2n) is 9.16. The van der Waals surface area contributed by atoms with E-state index >= 15 is 0 Å². The second-order valence-corrected chi connectivity index (χ2v) is 10.8. The summed E-state index contributed by atoms with van der Waals surface area (Å²) in [5, 5.41) is 3.10. The van der Waals surface area contributed by atoms with E-state index in [-0.39, 0.29) is 22.0 Å². The van der Waals surface area contributed by atoms with Crippen molar-refractivity contribution in [3.63, 3.8) is 0 Å². The largest absolute Gasteiger partial charge is 0.379 e. The van der Waals surface area contributed by atoms with Gasteiger partial charge in [0, 0.05) is 36.4 Å². The van der Waals surface area contributed by atoms with Crippen LogP contribution in [0.3, 0.4) is 0 Å². The van der Waals surface area contributed by atoms with Crippen LogP contribution in [0.15, 0.2) is 47.4 Å². The number of amides is 1. The van der Waals surface area contributed by atoms with Gasteiger partial charge in [0.2, 0.25) is 0 Å². The Hall–Kier alpha value is -2.49. The Morgan fingerprint density at radius 3 is 2.41 bits per heavy atom. The molecule has 184 valence electrons. The molecule has 1 amide bonds. The third kappa shape index (κ3) is 5.59. The number of rotatable bonds is 7. The Labute approximate surface area is 200 Å². The number of aryl methyl sites for hydroxylation is 1. The van der Waals surface area contributed by atoms with Crippen LogP contribution in [0, 0.1) is 12.7 Å². The fraction of sp³-hybridized carbons (Fsp3) is 0.480. The van der Waals surface area contributed by atoms with Crippen molar-refractivity contribution >= 4 is 21.6 Å². The molecule has 0 aromatic heterocycles. The molecule has 2 N–H and O–H groups in total. The first-order valence-corrected chi connectivity index (χ1v) is 13.3. The van der Waals surface area contributed by atoms with Crippen molar-refractivity contribution in [2.45, 2.75) is 49.5 Å². The van der Waals surface area contributed by atoms with Gasteiger partial charge in [0.25, 0.3) is 15.9 Å². The first-order valence-electron chi connectivity index (χ1n) is 11.8. The molecule has 7 nitrogen and oxygen atoms in total. The smallest absolute Gasteiger partial charge is 0.261 e. The molecule has 2 aromatic rings. The molecule has 2 fully saturated rings. The van der Waals surface area contributed by atoms with Crippen LogP contribution in [-0.2, 0) is 14.8 Å². The number of hydrogen-bond acceptors (Lipinski definition) is 5. The molecule has 0 atom stereocenters. The number of anilines is 1. The van der Waals surface area contributed by atoms with Crippen LogP contribution in [0.1, 0.15) is 48.0 Å². The van der Waals surface area contributed by atoms with Crippen LogP contribution in [0.2, 0.25) is 0 Å². The van der Waals surface area contributed by atoms with Gasteiger partial charge in [-0.2, -0.15) is 0 Å². The molecule has 1 aliphatic carbocycles. The summed E-state index contributed by atoms with van der Waals surface area (Å²) in [6.07, 6.45) is 5.54. The number of carbonyl (C=O) groups excluding carboxylic acids is 1. The highest BCUT2D eigenvalue weighted by Crippen LogP contribution is 2.34. The number of nitrogens with one attached hydrogen (secondary N) is 2. The topological polar surface area (TPSA) is 87.7 Å². The van der Waals surface area contributed by atoms with Crippen molar-refractivity contribution in [3.8, 4) is 0 Å². The van der Waals surface area contributed by atoms with Gasteiger partial charge in [-0.3, -0.25) is 14.4 Å². The van der Waals surface area contributed by atoms with Crippen LogP contribution >= 0.6 is 0 Å². The van der Waals surface area contributed by atoms with Crippen molar-refractivity contribution in [3.05, 3.63) is 59.4 Å². The van der Waals surface area contributed by atoms with E-state index < -0.39 is 15.8 Å². The summed E-state index contributed by atoms with van der Waals surface area (Å²) in [6, 6.07) is 9.57. The fourth-order valence-corrected chi connectivity index (χ4v) is 6.02. The highest BCUT2D eigenvalue weighted by atomic mass is 32.2. The minimum Gasteiger partial charge on any atom is -0.379 e. The number of sulfonamides is 1. The molecule has 0 radical (unpaired) electrons. The van der Waals surface area contributed by atoms with Gasteiger partial charge in [0.05, 0.1) is 18.1 Å². The number of nitrogens with zero attached hydrogens (tertiary/aromatic N) is 1. The number of ether oxygens (including phenoxy) is 1. The summed E-state index contributed by atoms with van der Waals surface area (Å²) >= 11 is 0. The molecule has 0 spiro atoms. The van der Waals surface area contributed by atoms with Gasteiger partial charge in [-0.25, -0.2) is 12.8 Å². The predicted octanol–water partition coefficient (Wildman–Crippen LogP) is 3.70. The van der Waals surface area contributed by atoms with E-state index in [1.54, 1.807) is 13.0 Å². The van der Waals surface area contributed by atoms with Gasteiger partial charge in [-0.05, 0) is 61.7 Å². The zero-order chi connectivity index (χ0) is 24.2. The van der Waals surface area contributed by atoms with Crippen molar-refractivity contribution in [2.75, 3.05) is 37.6 Å². The SMILES string of the molecule is Cc1ccc(S(=O)(=O)Nc2ccc(F)cc2)cc1C(=O)NCC1(N2CCOCC2)CCCCC1. The molecule has 4 rings (SSSR count). The second kappa shape index (κ2) is 10.4. The summed E-state index contributed by atoms with van der Waals surface area (Å²) in [5.41, 5.74) is 1.19. The van der Waals surface area contributed by atoms with E-state index in [0.717, 1.165) is 38.8 Å². The molecule has 1 heterocycles. The lowest BCUT2D eigenvalue weighted by Gasteiger charge is -2.48. The molecule has 1 saturated heterocycles. The molecule has 34 heavy (non-hydrogen) atoms. The number of halogens is 1.